The number of hydrogen-bond donors (Lipinski definition) is 0. The van der Waals surface area contributed by atoms with Crippen molar-refractivity contribution in [3.63, 3.8) is 0 Å². The Labute approximate surface area is 181 Å². The van der Waals surface area contributed by atoms with Crippen LogP contribution in [0.25, 0.3) is 0 Å². The summed E-state index contributed by atoms with van der Waals surface area (Å²) < 4.78 is 3.15. The van der Waals surface area contributed by atoms with Gasteiger partial charge in [0, 0.05) is 0 Å². The van der Waals surface area contributed by atoms with Crippen molar-refractivity contribution in [2.45, 2.75) is 66.2 Å². The molecule has 0 atom stereocenters. The molecule has 1 aromatic carbocycles. The third kappa shape index (κ3) is 3.08. The molecule has 0 unspecified atom stereocenters. The topological polar surface area (TPSA) is 6.48 Å². The molecule has 26 heavy (non-hydrogen) atoms. The number of rotatable bonds is 4. The Hall–Kier alpha value is -0.0634. The fourth-order valence-electron chi connectivity index (χ4n) is 4.24. The Bertz CT molecular complexity index is 713. The van der Waals surface area contributed by atoms with Crippen molar-refractivity contribution >= 4 is 19.4 Å². The summed E-state index contributed by atoms with van der Waals surface area (Å²) in [5.41, 5.74) is 6.28. The van der Waals surface area contributed by atoms with Crippen LogP contribution in [0.4, 0.5) is 11.4 Å². The molecule has 0 amide bonds. The van der Waals surface area contributed by atoms with Crippen LogP contribution in [-0.4, -0.2) is 21.1 Å². The second kappa shape index (κ2) is 6.77. The Morgan fingerprint density at radius 2 is 1.08 bits per heavy atom. The number of fused-ring (bicyclic) bond motifs is 2. The van der Waals surface area contributed by atoms with Crippen molar-refractivity contribution < 1.29 is 38.7 Å². The fourth-order valence-corrected chi connectivity index (χ4v) is 6.27. The first-order valence-electron chi connectivity index (χ1n) is 9.72. The van der Waals surface area contributed by atoms with Crippen molar-refractivity contribution in [3.8, 4) is 0 Å². The van der Waals surface area contributed by atoms with Crippen molar-refractivity contribution in [3.05, 3.63) is 23.3 Å². The van der Waals surface area contributed by atoms with Crippen molar-refractivity contribution in [1.82, 2.24) is 0 Å². The average Bonchev–Trinajstić information content (AvgIpc) is 2.81. The van der Waals surface area contributed by atoms with Crippen molar-refractivity contribution in [2.75, 3.05) is 22.9 Å². The molecule has 0 aliphatic carbocycles. The van der Waals surface area contributed by atoms with E-state index < -0.39 is 0 Å². The molecular weight excluding hydrogens is 660 g/mol. The van der Waals surface area contributed by atoms with E-state index in [1.165, 1.54) is 22.5 Å². The minimum absolute atomic E-state index is 0.150. The molecule has 4 heteroatoms. The van der Waals surface area contributed by atoms with Gasteiger partial charge in [0.1, 0.15) is 0 Å². The molecule has 0 bridgehead atoms. The summed E-state index contributed by atoms with van der Waals surface area (Å²) in [6, 6.07) is 5.07. The summed E-state index contributed by atoms with van der Waals surface area (Å²) >= 11 is 3.21. The molecule has 2 nitrogen and oxygen atoms in total. The second-order valence-electron chi connectivity index (χ2n) is 9.76. The molecule has 142 valence electrons. The van der Waals surface area contributed by atoms with Gasteiger partial charge in [0.15, 0.2) is 0 Å². The zero-order chi connectivity index (χ0) is 19.6. The van der Waals surface area contributed by atoms with Gasteiger partial charge >= 0.3 is 182 Å². The van der Waals surface area contributed by atoms with E-state index in [0.717, 1.165) is 13.1 Å². The van der Waals surface area contributed by atoms with E-state index in [0.29, 0.717) is 11.8 Å². The summed E-state index contributed by atoms with van der Waals surface area (Å²) in [6.45, 7) is 21.2. The first-order valence-corrected chi connectivity index (χ1v) is 12.6. The number of benzene rings is 1. The van der Waals surface area contributed by atoms with Crippen LogP contribution in [0.1, 0.15) is 66.5 Å². The molecule has 3 rings (SSSR count). The van der Waals surface area contributed by atoms with Gasteiger partial charge in [-0.25, -0.2) is 0 Å². The van der Waals surface area contributed by atoms with E-state index in [9.17, 15) is 0 Å². The van der Waals surface area contributed by atoms with E-state index in [4.69, 9.17) is 0 Å². The van der Waals surface area contributed by atoms with Crippen LogP contribution in [0.5, 0.6) is 0 Å². The zero-order valence-corrected chi connectivity index (χ0v) is 23.3. The quantitative estimate of drug-likeness (QED) is 0.458. The maximum atomic E-state index is 2.62. The number of anilines is 2. The third-order valence-corrected chi connectivity index (χ3v) is 10.9. The van der Waals surface area contributed by atoms with Crippen LogP contribution >= 0.6 is 0 Å². The zero-order valence-electron chi connectivity index (χ0n) is 17.4. The number of nitrogens with zero attached hydrogens (tertiary/aromatic N) is 2. The maximum absolute atomic E-state index is 2.62. The van der Waals surface area contributed by atoms with Crippen LogP contribution in [-0.2, 0) is 49.5 Å². The van der Waals surface area contributed by atoms with Crippen LogP contribution < -0.4 is 9.80 Å². The second-order valence-corrected chi connectivity index (χ2v) is 12.5. The summed E-state index contributed by atoms with van der Waals surface area (Å²) in [5.74, 6) is 1.33. The van der Waals surface area contributed by atoms with Crippen LogP contribution in [0.2, 0.25) is 0 Å². The van der Waals surface area contributed by atoms with Crippen molar-refractivity contribution in [2.24, 2.45) is 11.8 Å². The summed E-state index contributed by atoms with van der Waals surface area (Å²) in [5, 5.41) is 0. The Kier molecular flexibility index (Phi) is 5.38. The van der Waals surface area contributed by atoms with Gasteiger partial charge in [0.2, 0.25) is 0 Å². The van der Waals surface area contributed by atoms with Crippen molar-refractivity contribution in [1.29, 1.82) is 0 Å². The SMILES string of the molecule is CC(C)CN1[C](=[W])C(C)(C)c2cc3c(cc21)N(CC(C)C)[C](=[W])C3(C)C. The van der Waals surface area contributed by atoms with E-state index >= 15 is 0 Å². The normalized spacial score (nSPS) is 20.4. The van der Waals surface area contributed by atoms with Gasteiger partial charge in [-0.2, -0.15) is 0 Å². The summed E-state index contributed by atoms with van der Waals surface area (Å²) in [4.78, 5) is 5.24. The van der Waals surface area contributed by atoms with Crippen LogP contribution in [0.15, 0.2) is 12.1 Å². The van der Waals surface area contributed by atoms with Gasteiger partial charge in [-0.1, -0.05) is 0 Å². The van der Waals surface area contributed by atoms with Gasteiger partial charge in [0.25, 0.3) is 0 Å². The first kappa shape index (κ1) is 20.7. The monoisotopic (exact) mass is 692 g/mol. The summed E-state index contributed by atoms with van der Waals surface area (Å²) in [7, 11) is 0. The van der Waals surface area contributed by atoms with Crippen LogP contribution in [0, 0.1) is 11.8 Å². The summed E-state index contributed by atoms with van der Waals surface area (Å²) in [6.07, 6.45) is 0. The molecule has 0 saturated heterocycles. The fraction of sp³-hybridized carbons (Fsp3) is 0.636. The standard InChI is InChI=1S/C22H32N2.2W/c1-15(2)11-23-13-21(5,6)17-9-18-20(10-19(17)23)24(12-16(3)4)14-22(18,7)8;;/h9-10,15-16H,11-12H2,1-8H3;;. The van der Waals surface area contributed by atoms with E-state index in [1.54, 1.807) is 46.8 Å². The molecule has 2 aliphatic rings. The molecule has 2 aliphatic heterocycles. The minimum atomic E-state index is 0.150. The molecular formula is C22H32N2W2. The van der Waals surface area contributed by atoms with Gasteiger partial charge in [-0.3, -0.25) is 0 Å². The molecule has 0 saturated carbocycles. The molecule has 0 radical (unpaired) electrons. The molecule has 0 spiro atoms. The molecule has 0 N–H and O–H groups in total. The molecule has 1 aromatic rings. The van der Waals surface area contributed by atoms with Gasteiger partial charge in [-0.05, 0) is 0 Å². The van der Waals surface area contributed by atoms with E-state index in [2.05, 4.69) is 77.3 Å². The Balaban J connectivity index is 2.20. The van der Waals surface area contributed by atoms with Gasteiger partial charge in [-0.15, -0.1) is 0 Å². The first-order chi connectivity index (χ1) is 11.9. The van der Waals surface area contributed by atoms with E-state index in [1.807, 2.05) is 0 Å². The Morgan fingerprint density at radius 3 is 1.38 bits per heavy atom. The molecule has 0 aromatic heterocycles. The Morgan fingerprint density at radius 1 is 0.731 bits per heavy atom. The molecule has 2 heterocycles. The average molecular weight is 692 g/mol. The third-order valence-electron chi connectivity index (χ3n) is 5.70. The molecule has 0 fully saturated rings. The van der Waals surface area contributed by atoms with Crippen LogP contribution in [0.3, 0.4) is 0 Å². The predicted molar refractivity (Wildman–Crippen MR) is 107 cm³/mol. The number of hydrogen-bond acceptors (Lipinski definition) is 2. The van der Waals surface area contributed by atoms with Gasteiger partial charge in [0.05, 0.1) is 0 Å². The van der Waals surface area contributed by atoms with Gasteiger partial charge < -0.3 is 0 Å². The predicted octanol–water partition coefficient (Wildman–Crippen LogP) is 4.55. The van der Waals surface area contributed by atoms with E-state index in [-0.39, 0.29) is 10.8 Å².